The first-order valence-corrected chi connectivity index (χ1v) is 33.3. The van der Waals surface area contributed by atoms with Gasteiger partial charge in [-0.05, 0) is 74.9 Å². The average molecular weight is 1110 g/mol. The van der Waals surface area contributed by atoms with E-state index in [9.17, 15) is 10.2 Å². The van der Waals surface area contributed by atoms with E-state index in [2.05, 4.69) is 90.1 Å². The number of aliphatic hydroxyl groups excluding tert-OH is 2. The maximum absolute atomic E-state index is 10.6. The molecule has 8 heteroatoms. The lowest BCUT2D eigenvalue weighted by atomic mass is 10.0. The van der Waals surface area contributed by atoms with Crippen LogP contribution in [0.1, 0.15) is 306 Å². The molecule has 0 aliphatic carbocycles. The van der Waals surface area contributed by atoms with Crippen molar-refractivity contribution in [3.05, 3.63) is 69.8 Å². The van der Waals surface area contributed by atoms with E-state index in [4.69, 9.17) is 28.4 Å². The van der Waals surface area contributed by atoms with Crippen LogP contribution in [0.3, 0.4) is 0 Å². The molecule has 80 heavy (non-hydrogen) atoms. The lowest BCUT2D eigenvalue weighted by Gasteiger charge is -2.17. The van der Waals surface area contributed by atoms with Crippen molar-refractivity contribution < 1.29 is 38.6 Å². The molecule has 0 spiro atoms. The molecule has 0 unspecified atom stereocenters. The molecule has 2 N–H and O–H groups in total. The molecule has 0 aromatic heterocycles. The smallest absolute Gasteiger partial charge is 0.127 e. The van der Waals surface area contributed by atoms with Crippen molar-refractivity contribution in [1.29, 1.82) is 0 Å². The molecular formula is C72H118O8. The Kier molecular flexibility index (Phi) is 42.4. The Morgan fingerprint density at radius 2 is 0.412 bits per heavy atom. The highest BCUT2D eigenvalue weighted by molar-refractivity contribution is 5.81. The molecule has 0 amide bonds. The van der Waals surface area contributed by atoms with Crippen molar-refractivity contribution >= 4 is 24.3 Å². The zero-order chi connectivity index (χ0) is 57.4. The van der Waals surface area contributed by atoms with Gasteiger partial charge in [-0.2, -0.15) is 0 Å². The Morgan fingerprint density at radius 1 is 0.237 bits per heavy atom. The predicted molar refractivity (Wildman–Crippen MR) is 342 cm³/mol. The minimum atomic E-state index is -0.125. The summed E-state index contributed by atoms with van der Waals surface area (Å²) in [6.07, 6.45) is 51.0. The minimum absolute atomic E-state index is 0.125. The number of ether oxygens (including phenoxy) is 6. The van der Waals surface area contributed by atoms with Crippen LogP contribution in [0.15, 0.2) is 36.4 Å². The van der Waals surface area contributed by atoms with Gasteiger partial charge in [0, 0.05) is 33.4 Å². The molecule has 0 saturated heterocycles. The highest BCUT2D eigenvalue weighted by Crippen LogP contribution is 2.37. The van der Waals surface area contributed by atoms with Gasteiger partial charge in [0.25, 0.3) is 0 Å². The van der Waals surface area contributed by atoms with E-state index < -0.39 is 0 Å². The van der Waals surface area contributed by atoms with Crippen LogP contribution in [0.5, 0.6) is 34.5 Å². The van der Waals surface area contributed by atoms with Gasteiger partial charge in [-0.15, -0.1) is 0 Å². The lowest BCUT2D eigenvalue weighted by Crippen LogP contribution is -2.04. The zero-order valence-electron chi connectivity index (χ0n) is 52.2. The average Bonchev–Trinajstić information content (AvgIpc) is 3.47. The summed E-state index contributed by atoms with van der Waals surface area (Å²) in [7, 11) is 0. The largest absolute Gasteiger partial charge is 0.493 e. The molecule has 8 nitrogen and oxygen atoms in total. The molecule has 0 heterocycles. The van der Waals surface area contributed by atoms with Gasteiger partial charge in [0.1, 0.15) is 34.5 Å². The van der Waals surface area contributed by atoms with Gasteiger partial charge in [-0.25, -0.2) is 0 Å². The fourth-order valence-electron chi connectivity index (χ4n) is 10.1. The van der Waals surface area contributed by atoms with E-state index in [1.807, 2.05) is 12.1 Å². The van der Waals surface area contributed by atoms with Gasteiger partial charge in [-0.1, -0.05) is 258 Å². The lowest BCUT2D eigenvalue weighted by molar-refractivity contribution is 0.256. The second kappa shape index (κ2) is 48.4. The molecule has 3 rings (SSSR count). The Morgan fingerprint density at radius 3 is 0.625 bits per heavy atom. The summed E-state index contributed by atoms with van der Waals surface area (Å²) in [4.78, 5) is 0. The maximum Gasteiger partial charge on any atom is 0.127 e. The Labute approximate surface area is 490 Å². The summed E-state index contributed by atoms with van der Waals surface area (Å²) >= 11 is 0. The summed E-state index contributed by atoms with van der Waals surface area (Å²) in [5, 5.41) is 21.3. The van der Waals surface area contributed by atoms with E-state index in [-0.39, 0.29) is 13.2 Å². The molecule has 0 aliphatic heterocycles. The van der Waals surface area contributed by atoms with Gasteiger partial charge >= 0.3 is 0 Å². The number of hydrogen-bond donors (Lipinski definition) is 2. The van der Waals surface area contributed by atoms with Gasteiger partial charge in [-0.3, -0.25) is 0 Å². The van der Waals surface area contributed by atoms with Crippen molar-refractivity contribution in [3.8, 4) is 34.5 Å². The van der Waals surface area contributed by atoms with E-state index in [1.165, 1.54) is 154 Å². The topological polar surface area (TPSA) is 95.8 Å². The van der Waals surface area contributed by atoms with Crippen molar-refractivity contribution in [2.75, 3.05) is 39.6 Å². The molecular weight excluding hydrogens is 993 g/mol. The maximum atomic E-state index is 10.6. The van der Waals surface area contributed by atoms with Crippen LogP contribution >= 0.6 is 0 Å². The molecule has 0 bridgehead atoms. The fraction of sp³-hybridized carbons (Fsp3) is 0.694. The van der Waals surface area contributed by atoms with Crippen LogP contribution in [0.4, 0.5) is 0 Å². The van der Waals surface area contributed by atoms with E-state index >= 15 is 0 Å². The Balaban J connectivity index is 2.16. The first kappa shape index (κ1) is 70.1. The van der Waals surface area contributed by atoms with Gasteiger partial charge in [0.15, 0.2) is 0 Å². The molecule has 0 saturated carbocycles. The molecule has 3 aromatic rings. The third kappa shape index (κ3) is 31.3. The van der Waals surface area contributed by atoms with Gasteiger partial charge in [0.2, 0.25) is 0 Å². The monoisotopic (exact) mass is 1110 g/mol. The van der Waals surface area contributed by atoms with Gasteiger partial charge < -0.3 is 38.6 Å². The zero-order valence-corrected chi connectivity index (χ0v) is 52.2. The Bertz CT molecular complexity index is 1880. The summed E-state index contributed by atoms with van der Waals surface area (Å²) in [6.45, 7) is 17.0. The number of hydrogen-bond acceptors (Lipinski definition) is 8. The summed E-state index contributed by atoms with van der Waals surface area (Å²) in [6, 6.07) is 12.4. The fourth-order valence-corrected chi connectivity index (χ4v) is 10.1. The van der Waals surface area contributed by atoms with Crippen LogP contribution in [-0.2, 0) is 13.2 Å². The summed E-state index contributed by atoms with van der Waals surface area (Å²) < 4.78 is 39.7. The third-order valence-corrected chi connectivity index (χ3v) is 15.3. The number of benzene rings is 3. The molecule has 3 aromatic carbocycles. The highest BCUT2D eigenvalue weighted by Gasteiger charge is 2.16. The second-order valence-corrected chi connectivity index (χ2v) is 22.6. The van der Waals surface area contributed by atoms with Crippen molar-refractivity contribution in [2.45, 2.75) is 286 Å². The van der Waals surface area contributed by atoms with Crippen LogP contribution in [0.2, 0.25) is 0 Å². The van der Waals surface area contributed by atoms with Crippen molar-refractivity contribution in [1.82, 2.24) is 0 Å². The minimum Gasteiger partial charge on any atom is -0.493 e. The molecule has 0 atom stereocenters. The van der Waals surface area contributed by atoms with Crippen molar-refractivity contribution in [3.63, 3.8) is 0 Å². The first-order chi connectivity index (χ1) is 39.5. The quantitative estimate of drug-likeness (QED) is 0.0426. The molecule has 0 aliphatic rings. The summed E-state index contributed by atoms with van der Waals surface area (Å²) in [5.41, 5.74) is 5.15. The van der Waals surface area contributed by atoms with Crippen LogP contribution in [0.25, 0.3) is 24.3 Å². The number of rotatable bonds is 54. The number of aliphatic hydroxyl groups is 2. The third-order valence-electron chi connectivity index (χ3n) is 15.3. The Hall–Kier alpha value is -4.14. The van der Waals surface area contributed by atoms with Crippen LogP contribution < -0.4 is 28.4 Å². The highest BCUT2D eigenvalue weighted by atomic mass is 16.5. The number of unbranched alkanes of at least 4 members (excludes halogenated alkanes) is 30. The normalized spacial score (nSPS) is 11.6. The molecule has 454 valence electrons. The first-order valence-electron chi connectivity index (χ1n) is 33.3. The van der Waals surface area contributed by atoms with Crippen molar-refractivity contribution in [2.24, 2.45) is 0 Å². The summed E-state index contributed by atoms with van der Waals surface area (Å²) in [5.74, 6) is 4.48. The molecule has 0 fully saturated rings. The van der Waals surface area contributed by atoms with Gasteiger partial charge in [0.05, 0.1) is 52.9 Å². The molecule has 0 radical (unpaired) electrons. The van der Waals surface area contributed by atoms with Crippen LogP contribution in [0, 0.1) is 0 Å². The predicted octanol–water partition coefficient (Wildman–Crippen LogP) is 21.4. The standard InChI is InChI=1S/C72H118O8/c1-7-13-19-25-31-37-47-75-67-53-62(44-46-64-56-72(80-52-42-36-30-24-18-12-6)66(60-74)58-70(64)78-50-40-34-28-22-16-10-4)68(76-48-38-32-26-20-14-8-2)54-61(67)43-45-63-55-71(79-51-41-35-29-23-17-11-5)65(59-73)57-69(63)77-49-39-33-27-21-15-9-3/h43-46,53-58,73-74H,7-42,47-52,59-60H2,1-6H3. The van der Waals surface area contributed by atoms with Crippen LogP contribution in [-0.4, -0.2) is 49.9 Å². The second-order valence-electron chi connectivity index (χ2n) is 22.6. The van der Waals surface area contributed by atoms with E-state index in [1.54, 1.807) is 0 Å². The van der Waals surface area contributed by atoms with E-state index in [0.29, 0.717) is 51.1 Å². The SMILES string of the molecule is CCCCCCCCOc1cc(C=Cc2cc(OCCCCCCCC)c(CO)cc2OCCCCCCCC)c(OCCCCCCCC)cc1C=Cc1cc(OCCCCCCCC)c(CO)cc1OCCCCCCCC. The van der Waals surface area contributed by atoms with E-state index in [0.717, 1.165) is 133 Å².